The predicted molar refractivity (Wildman–Crippen MR) is 75.9 cm³/mol. The summed E-state index contributed by atoms with van der Waals surface area (Å²) in [6.07, 6.45) is 7.08. The third-order valence-electron chi connectivity index (χ3n) is 2.42. The second-order valence-electron chi connectivity index (χ2n) is 4.24. The first-order valence-electron chi connectivity index (χ1n) is 6.46. The minimum absolute atomic E-state index is 0.739. The minimum atomic E-state index is 0.739. The first kappa shape index (κ1) is 17.6. The molecule has 16 heavy (non-hydrogen) atoms. The molecule has 96 valence electrons. The topological polar surface area (TPSA) is 38.4 Å². The van der Waals surface area contributed by atoms with Gasteiger partial charge in [-0.25, -0.2) is 0 Å². The van der Waals surface area contributed by atoms with Crippen molar-refractivity contribution < 1.29 is 0 Å². The predicted octanol–water partition coefficient (Wildman–Crippen LogP) is 4.02. The van der Waals surface area contributed by atoms with Gasteiger partial charge in [-0.3, -0.25) is 4.99 Å². The van der Waals surface area contributed by atoms with Gasteiger partial charge in [-0.2, -0.15) is 0 Å². The van der Waals surface area contributed by atoms with Crippen LogP contribution in [0.1, 0.15) is 53.9 Å². The Hall–Kier alpha value is -0.790. The van der Waals surface area contributed by atoms with Gasteiger partial charge in [-0.15, -0.1) is 0 Å². The van der Waals surface area contributed by atoms with Gasteiger partial charge in [0.15, 0.2) is 0 Å². The average molecular weight is 226 g/mol. The van der Waals surface area contributed by atoms with Crippen molar-refractivity contribution in [2.45, 2.75) is 53.9 Å². The lowest BCUT2D eigenvalue weighted by molar-refractivity contribution is 0.399. The van der Waals surface area contributed by atoms with Gasteiger partial charge in [0.1, 0.15) is 0 Å². The first-order valence-corrected chi connectivity index (χ1v) is 6.46. The van der Waals surface area contributed by atoms with Crippen molar-refractivity contribution in [2.24, 2.45) is 22.6 Å². The molecule has 0 aromatic heterocycles. The van der Waals surface area contributed by atoms with E-state index in [1.807, 2.05) is 20.1 Å². The smallest absolute Gasteiger partial charge is 0.0277 e. The second kappa shape index (κ2) is 12.3. The highest BCUT2D eigenvalue weighted by Crippen LogP contribution is 2.21. The van der Waals surface area contributed by atoms with Crippen LogP contribution in [0.5, 0.6) is 0 Å². The van der Waals surface area contributed by atoms with Crippen LogP contribution in [-0.4, -0.2) is 13.3 Å². The van der Waals surface area contributed by atoms with E-state index in [1.165, 1.54) is 12.8 Å². The standard InChI is InChI=1S/C12H24N2.C2H6/c1-5-11(6-10(2)3)7-12(8-13)9-14-4;1-2/h8-11H,5-7,13H2,1-4H3;1-2H3/b12-8-,14-9?;. The number of rotatable bonds is 6. The van der Waals surface area contributed by atoms with Crippen LogP contribution in [0.25, 0.3) is 0 Å². The van der Waals surface area contributed by atoms with E-state index >= 15 is 0 Å². The van der Waals surface area contributed by atoms with E-state index < -0.39 is 0 Å². The minimum Gasteiger partial charge on any atom is -0.404 e. The van der Waals surface area contributed by atoms with Crippen LogP contribution in [0.15, 0.2) is 16.8 Å². The molecule has 2 heteroatoms. The molecule has 0 spiro atoms. The Bertz CT molecular complexity index is 193. The first-order chi connectivity index (χ1) is 7.63. The van der Waals surface area contributed by atoms with Crippen LogP contribution in [0.2, 0.25) is 0 Å². The average Bonchev–Trinajstić information content (AvgIpc) is 2.29. The Kier molecular flexibility index (Phi) is 13.5. The summed E-state index contributed by atoms with van der Waals surface area (Å²) in [5.74, 6) is 1.50. The SMILES string of the molecule is CC.CCC(C/C(C=NC)=C/N)CC(C)C. The van der Waals surface area contributed by atoms with Crippen molar-refractivity contribution in [1.82, 2.24) is 0 Å². The Morgan fingerprint density at radius 1 is 1.31 bits per heavy atom. The lowest BCUT2D eigenvalue weighted by Crippen LogP contribution is -2.06. The summed E-state index contributed by atoms with van der Waals surface area (Å²) in [4.78, 5) is 4.00. The summed E-state index contributed by atoms with van der Waals surface area (Å²) >= 11 is 0. The maximum absolute atomic E-state index is 5.54. The van der Waals surface area contributed by atoms with Crippen molar-refractivity contribution in [3.05, 3.63) is 11.8 Å². The molecule has 0 bridgehead atoms. The number of aliphatic imine (C=N–C) groups is 1. The van der Waals surface area contributed by atoms with E-state index in [4.69, 9.17) is 5.73 Å². The largest absolute Gasteiger partial charge is 0.404 e. The van der Waals surface area contributed by atoms with E-state index in [9.17, 15) is 0 Å². The van der Waals surface area contributed by atoms with Crippen molar-refractivity contribution in [3.8, 4) is 0 Å². The van der Waals surface area contributed by atoms with Crippen LogP contribution in [-0.2, 0) is 0 Å². The highest BCUT2D eigenvalue weighted by molar-refractivity contribution is 5.78. The Balaban J connectivity index is 0. The van der Waals surface area contributed by atoms with Gasteiger partial charge >= 0.3 is 0 Å². The molecular weight excluding hydrogens is 196 g/mol. The molecule has 0 rings (SSSR count). The van der Waals surface area contributed by atoms with E-state index in [-0.39, 0.29) is 0 Å². The van der Waals surface area contributed by atoms with E-state index in [1.54, 1.807) is 13.2 Å². The van der Waals surface area contributed by atoms with Gasteiger partial charge in [-0.1, -0.05) is 41.0 Å². The zero-order valence-electron chi connectivity index (χ0n) is 12.0. The van der Waals surface area contributed by atoms with Crippen LogP contribution in [0, 0.1) is 11.8 Å². The van der Waals surface area contributed by atoms with E-state index in [2.05, 4.69) is 25.8 Å². The Morgan fingerprint density at radius 2 is 1.88 bits per heavy atom. The van der Waals surface area contributed by atoms with Gasteiger partial charge < -0.3 is 5.73 Å². The summed E-state index contributed by atoms with van der Waals surface area (Å²) in [7, 11) is 1.78. The summed E-state index contributed by atoms with van der Waals surface area (Å²) in [5, 5.41) is 0. The monoisotopic (exact) mass is 226 g/mol. The lowest BCUT2D eigenvalue weighted by Gasteiger charge is -2.17. The number of nitrogens with two attached hydrogens (primary N) is 1. The molecule has 0 aliphatic heterocycles. The molecule has 0 aliphatic carbocycles. The molecule has 0 aromatic carbocycles. The van der Waals surface area contributed by atoms with Gasteiger partial charge in [0.25, 0.3) is 0 Å². The normalized spacial score (nSPS) is 13.8. The van der Waals surface area contributed by atoms with Crippen LogP contribution >= 0.6 is 0 Å². The maximum atomic E-state index is 5.54. The summed E-state index contributed by atoms with van der Waals surface area (Å²) < 4.78 is 0. The fourth-order valence-corrected chi connectivity index (χ4v) is 1.72. The molecule has 1 unspecified atom stereocenters. The third-order valence-corrected chi connectivity index (χ3v) is 2.42. The number of hydrogen-bond acceptors (Lipinski definition) is 2. The van der Waals surface area contributed by atoms with Gasteiger partial charge in [0, 0.05) is 13.3 Å². The lowest BCUT2D eigenvalue weighted by atomic mass is 9.89. The van der Waals surface area contributed by atoms with E-state index in [0.717, 1.165) is 23.8 Å². The van der Waals surface area contributed by atoms with Gasteiger partial charge in [0.2, 0.25) is 0 Å². The Morgan fingerprint density at radius 3 is 2.19 bits per heavy atom. The van der Waals surface area contributed by atoms with Crippen molar-refractivity contribution in [2.75, 3.05) is 7.05 Å². The molecular formula is C14H30N2. The summed E-state index contributed by atoms with van der Waals surface area (Å²) in [6, 6.07) is 0. The second-order valence-corrected chi connectivity index (χ2v) is 4.24. The van der Waals surface area contributed by atoms with Gasteiger partial charge in [0.05, 0.1) is 0 Å². The maximum Gasteiger partial charge on any atom is 0.0277 e. The van der Waals surface area contributed by atoms with Crippen LogP contribution in [0.3, 0.4) is 0 Å². The Labute approximate surface area is 102 Å². The number of nitrogens with zero attached hydrogens (tertiary/aromatic N) is 1. The molecule has 2 N–H and O–H groups in total. The molecule has 0 aliphatic rings. The quantitative estimate of drug-likeness (QED) is 0.683. The fraction of sp³-hybridized carbons (Fsp3) is 0.786. The molecule has 1 atom stereocenters. The fourth-order valence-electron chi connectivity index (χ4n) is 1.72. The third kappa shape index (κ3) is 9.75. The van der Waals surface area contributed by atoms with Crippen molar-refractivity contribution in [1.29, 1.82) is 0 Å². The molecule has 0 saturated heterocycles. The zero-order chi connectivity index (χ0) is 13.0. The molecule has 0 radical (unpaired) electrons. The summed E-state index contributed by atoms with van der Waals surface area (Å²) in [6.45, 7) is 10.8. The number of hydrogen-bond donors (Lipinski definition) is 1. The molecule has 0 heterocycles. The number of allylic oxidation sites excluding steroid dienone is 1. The molecule has 0 fully saturated rings. The molecule has 2 nitrogen and oxygen atoms in total. The van der Waals surface area contributed by atoms with Crippen LogP contribution < -0.4 is 5.73 Å². The highest BCUT2D eigenvalue weighted by atomic mass is 14.6. The molecule has 0 amide bonds. The zero-order valence-corrected chi connectivity index (χ0v) is 12.0. The van der Waals surface area contributed by atoms with Gasteiger partial charge in [-0.05, 0) is 36.5 Å². The van der Waals surface area contributed by atoms with Crippen LogP contribution in [0.4, 0.5) is 0 Å². The highest BCUT2D eigenvalue weighted by Gasteiger charge is 2.09. The molecule has 0 aromatic rings. The van der Waals surface area contributed by atoms with Crippen molar-refractivity contribution >= 4 is 6.21 Å². The van der Waals surface area contributed by atoms with E-state index in [0.29, 0.717) is 0 Å². The molecule has 0 saturated carbocycles. The summed E-state index contributed by atoms with van der Waals surface area (Å²) in [5.41, 5.74) is 6.69. The van der Waals surface area contributed by atoms with Crippen molar-refractivity contribution in [3.63, 3.8) is 0 Å².